The van der Waals surface area contributed by atoms with E-state index in [1.54, 1.807) is 0 Å². The molecule has 0 aromatic rings. The summed E-state index contributed by atoms with van der Waals surface area (Å²) in [6.45, 7) is 10.3. The molecule has 1 rings (SSSR count). The molecule has 1 aliphatic rings. The highest BCUT2D eigenvalue weighted by molar-refractivity contribution is 6.62. The highest BCUT2D eigenvalue weighted by Crippen LogP contribution is 2.40. The van der Waals surface area contributed by atoms with Crippen molar-refractivity contribution in [1.29, 1.82) is 0 Å². The zero-order valence-corrected chi connectivity index (χ0v) is 14.9. The Hall–Kier alpha value is 0.0169. The van der Waals surface area contributed by atoms with E-state index >= 15 is 0 Å². The molecule has 0 spiro atoms. The summed E-state index contributed by atoms with van der Waals surface area (Å²) in [5, 5.41) is 0. The summed E-state index contributed by atoms with van der Waals surface area (Å²) in [7, 11) is -2.62. The quantitative estimate of drug-likeness (QED) is 0.385. The topological polar surface area (TPSA) is 46.2 Å². The first-order valence-corrected chi connectivity index (χ1v) is 10.2. The summed E-state index contributed by atoms with van der Waals surface area (Å²) >= 11 is 0. The molecule has 1 aliphatic carbocycles. The molecule has 0 atom stereocenters. The van der Waals surface area contributed by atoms with Crippen LogP contribution < -0.4 is 0 Å². The lowest BCUT2D eigenvalue weighted by atomic mass is 10.4. The molecular formula is C15H32O5Si. The zero-order valence-electron chi connectivity index (χ0n) is 13.9. The monoisotopic (exact) mass is 320 g/mol. The molecule has 0 N–H and O–H groups in total. The van der Waals surface area contributed by atoms with Crippen LogP contribution in [0.4, 0.5) is 0 Å². The molecule has 1 saturated carbocycles. The van der Waals surface area contributed by atoms with Crippen LogP contribution in [0.25, 0.3) is 0 Å². The van der Waals surface area contributed by atoms with Gasteiger partial charge in [0.05, 0.1) is 26.4 Å². The lowest BCUT2D eigenvalue weighted by Gasteiger charge is -2.34. The van der Waals surface area contributed by atoms with Crippen LogP contribution in [0, 0.1) is 0 Å². The fraction of sp³-hybridized carbons (Fsp3) is 1.00. The van der Waals surface area contributed by atoms with Gasteiger partial charge in [-0.1, -0.05) is 12.8 Å². The molecule has 0 unspecified atom stereocenters. The molecule has 0 saturated heterocycles. The Bertz CT molecular complexity index is 234. The Morgan fingerprint density at radius 3 is 1.67 bits per heavy atom. The second-order valence-electron chi connectivity index (χ2n) is 5.11. The van der Waals surface area contributed by atoms with Crippen molar-refractivity contribution in [3.63, 3.8) is 0 Å². The lowest BCUT2D eigenvalue weighted by Crippen LogP contribution is -2.51. The van der Waals surface area contributed by atoms with Gasteiger partial charge in [-0.2, -0.15) is 0 Å². The van der Waals surface area contributed by atoms with E-state index in [-0.39, 0.29) is 0 Å². The Labute approximate surface area is 130 Å². The van der Waals surface area contributed by atoms with E-state index in [1.807, 2.05) is 20.8 Å². The van der Waals surface area contributed by atoms with Crippen molar-refractivity contribution in [2.75, 3.05) is 46.2 Å². The van der Waals surface area contributed by atoms with Crippen LogP contribution >= 0.6 is 0 Å². The van der Waals surface area contributed by atoms with Gasteiger partial charge >= 0.3 is 8.80 Å². The summed E-state index contributed by atoms with van der Waals surface area (Å²) < 4.78 is 29.1. The van der Waals surface area contributed by atoms with Gasteiger partial charge in [-0.3, -0.25) is 0 Å². The van der Waals surface area contributed by atoms with Gasteiger partial charge in [-0.25, -0.2) is 0 Å². The summed E-state index contributed by atoms with van der Waals surface area (Å²) in [4.78, 5) is 0. The highest BCUT2D eigenvalue weighted by Gasteiger charge is 2.50. The minimum Gasteiger partial charge on any atom is -0.379 e. The van der Waals surface area contributed by atoms with Crippen LogP contribution in [0.5, 0.6) is 0 Å². The van der Waals surface area contributed by atoms with Gasteiger partial charge in [0.2, 0.25) is 0 Å². The summed E-state index contributed by atoms with van der Waals surface area (Å²) in [6.07, 6.45) is 4.79. The van der Waals surface area contributed by atoms with Crippen molar-refractivity contribution in [3.8, 4) is 0 Å². The molecule has 21 heavy (non-hydrogen) atoms. The van der Waals surface area contributed by atoms with Crippen molar-refractivity contribution < 1.29 is 22.8 Å². The Balaban J connectivity index is 2.57. The minimum atomic E-state index is -2.62. The predicted molar refractivity (Wildman–Crippen MR) is 84.5 cm³/mol. The summed E-state index contributed by atoms with van der Waals surface area (Å²) in [5.74, 6) is 0. The Kier molecular flexibility index (Phi) is 10.5. The first kappa shape index (κ1) is 19.1. The number of rotatable bonds is 13. The molecule has 1 fully saturated rings. The van der Waals surface area contributed by atoms with Crippen molar-refractivity contribution in [2.45, 2.75) is 52.0 Å². The van der Waals surface area contributed by atoms with Crippen LogP contribution in [-0.2, 0) is 22.8 Å². The fourth-order valence-electron chi connectivity index (χ4n) is 2.73. The fourth-order valence-corrected chi connectivity index (χ4v) is 5.94. The van der Waals surface area contributed by atoms with Crippen molar-refractivity contribution >= 4 is 8.80 Å². The van der Waals surface area contributed by atoms with Crippen molar-refractivity contribution in [2.24, 2.45) is 0 Å². The highest BCUT2D eigenvalue weighted by atomic mass is 28.4. The lowest BCUT2D eigenvalue weighted by molar-refractivity contribution is 0.0115. The zero-order chi connectivity index (χ0) is 15.4. The van der Waals surface area contributed by atoms with Crippen LogP contribution in [0.2, 0.25) is 5.54 Å². The molecule has 0 bridgehead atoms. The minimum absolute atomic E-state index is 0.431. The van der Waals surface area contributed by atoms with Crippen LogP contribution in [-0.4, -0.2) is 55.1 Å². The molecular weight excluding hydrogens is 288 g/mol. The van der Waals surface area contributed by atoms with Gasteiger partial charge in [-0.05, 0) is 33.6 Å². The Morgan fingerprint density at radius 1 is 0.714 bits per heavy atom. The van der Waals surface area contributed by atoms with Crippen molar-refractivity contribution in [1.82, 2.24) is 0 Å². The second-order valence-corrected chi connectivity index (χ2v) is 8.00. The molecule has 5 nitrogen and oxygen atoms in total. The first-order chi connectivity index (χ1) is 10.3. The van der Waals surface area contributed by atoms with E-state index in [4.69, 9.17) is 22.8 Å². The first-order valence-electron chi connectivity index (χ1n) is 8.36. The van der Waals surface area contributed by atoms with Gasteiger partial charge in [0, 0.05) is 25.4 Å². The average Bonchev–Trinajstić information content (AvgIpc) is 3.03. The van der Waals surface area contributed by atoms with Crippen LogP contribution in [0.15, 0.2) is 0 Å². The molecule has 0 aliphatic heterocycles. The van der Waals surface area contributed by atoms with E-state index in [9.17, 15) is 0 Å². The SMILES string of the molecule is CCOCCO[Si](OCC)(OCCOCC)C1CCCC1. The molecule has 0 aromatic heterocycles. The van der Waals surface area contributed by atoms with E-state index in [1.165, 1.54) is 12.8 Å². The molecule has 0 amide bonds. The largest absolute Gasteiger partial charge is 0.504 e. The maximum Gasteiger partial charge on any atom is 0.504 e. The average molecular weight is 321 g/mol. The Morgan fingerprint density at radius 2 is 1.24 bits per heavy atom. The van der Waals surface area contributed by atoms with Gasteiger partial charge < -0.3 is 22.8 Å². The summed E-state index contributed by atoms with van der Waals surface area (Å²) in [6, 6.07) is 0. The normalized spacial score (nSPS) is 16.7. The number of hydrogen-bond donors (Lipinski definition) is 0. The van der Waals surface area contributed by atoms with E-state index in [0.29, 0.717) is 51.8 Å². The maximum atomic E-state index is 6.15. The molecule has 0 aromatic carbocycles. The smallest absolute Gasteiger partial charge is 0.379 e. The van der Waals surface area contributed by atoms with Crippen LogP contribution in [0.1, 0.15) is 46.5 Å². The van der Waals surface area contributed by atoms with Crippen LogP contribution in [0.3, 0.4) is 0 Å². The third kappa shape index (κ3) is 6.75. The van der Waals surface area contributed by atoms with E-state index in [2.05, 4.69) is 0 Å². The molecule has 6 heteroatoms. The van der Waals surface area contributed by atoms with Gasteiger partial charge in [0.15, 0.2) is 0 Å². The second kappa shape index (κ2) is 11.6. The van der Waals surface area contributed by atoms with E-state index in [0.717, 1.165) is 12.8 Å². The predicted octanol–water partition coefficient (Wildman–Crippen LogP) is 3.01. The third-order valence-corrected chi connectivity index (χ3v) is 7.15. The number of hydrogen-bond acceptors (Lipinski definition) is 5. The third-order valence-electron chi connectivity index (χ3n) is 3.67. The van der Waals surface area contributed by atoms with E-state index < -0.39 is 8.80 Å². The van der Waals surface area contributed by atoms with Crippen molar-refractivity contribution in [3.05, 3.63) is 0 Å². The molecule has 0 radical (unpaired) electrons. The summed E-state index contributed by atoms with van der Waals surface area (Å²) in [5.41, 5.74) is 0.431. The van der Waals surface area contributed by atoms with Gasteiger partial charge in [0.1, 0.15) is 0 Å². The number of ether oxygens (including phenoxy) is 2. The van der Waals surface area contributed by atoms with Gasteiger partial charge in [-0.15, -0.1) is 0 Å². The molecule has 126 valence electrons. The maximum absolute atomic E-state index is 6.15. The van der Waals surface area contributed by atoms with Gasteiger partial charge in [0.25, 0.3) is 0 Å². The molecule has 0 heterocycles. The standard InChI is InChI=1S/C15H32O5Si/c1-4-16-11-13-19-21(18-6-3,15-9-7-8-10-15)20-14-12-17-5-2/h15H,4-14H2,1-3H3.